The van der Waals surface area contributed by atoms with Crippen molar-refractivity contribution in [3.05, 3.63) is 0 Å². The normalized spacial score (nSPS) is 31.6. The second-order valence-corrected chi connectivity index (χ2v) is 3.99. The standard InChI is InChI=1S/C10H21N.C2H6/c1-4-6-7-10(5-2)8-9(3)11-10;1-2/h9,11H,4-8H2,1-3H3;1-2H3. The van der Waals surface area contributed by atoms with Crippen molar-refractivity contribution >= 4 is 0 Å². The van der Waals surface area contributed by atoms with Crippen LogP contribution >= 0.6 is 0 Å². The third-order valence-corrected chi connectivity index (χ3v) is 2.94. The third kappa shape index (κ3) is 3.68. The lowest BCUT2D eigenvalue weighted by atomic mass is 9.76. The van der Waals surface area contributed by atoms with Crippen LogP contribution in [0.3, 0.4) is 0 Å². The fourth-order valence-corrected chi connectivity index (χ4v) is 2.20. The van der Waals surface area contributed by atoms with Crippen LogP contribution in [0.15, 0.2) is 0 Å². The fourth-order valence-electron chi connectivity index (χ4n) is 2.20. The maximum Gasteiger partial charge on any atom is 0.0196 e. The maximum atomic E-state index is 3.64. The zero-order valence-electron chi connectivity index (χ0n) is 10.1. The van der Waals surface area contributed by atoms with Crippen LogP contribution in [0.5, 0.6) is 0 Å². The molecule has 1 rings (SSSR count). The quantitative estimate of drug-likeness (QED) is 0.703. The molecule has 80 valence electrons. The topological polar surface area (TPSA) is 12.0 Å². The van der Waals surface area contributed by atoms with Gasteiger partial charge in [-0.2, -0.15) is 0 Å². The lowest BCUT2D eigenvalue weighted by Gasteiger charge is -2.48. The van der Waals surface area contributed by atoms with Crippen LogP contribution in [-0.2, 0) is 0 Å². The number of hydrogen-bond acceptors (Lipinski definition) is 1. The molecule has 1 aliphatic heterocycles. The summed E-state index contributed by atoms with van der Waals surface area (Å²) in [7, 11) is 0. The average Bonchev–Trinajstić information content (AvgIpc) is 2.14. The lowest BCUT2D eigenvalue weighted by Crippen LogP contribution is -2.61. The van der Waals surface area contributed by atoms with Crippen molar-refractivity contribution < 1.29 is 0 Å². The van der Waals surface area contributed by atoms with Gasteiger partial charge in [-0.3, -0.25) is 0 Å². The summed E-state index contributed by atoms with van der Waals surface area (Å²) in [6.45, 7) is 10.8. The molecule has 1 saturated heterocycles. The molecule has 0 aliphatic carbocycles. The van der Waals surface area contributed by atoms with E-state index in [4.69, 9.17) is 0 Å². The van der Waals surface area contributed by atoms with Crippen molar-refractivity contribution in [2.24, 2.45) is 0 Å². The molecule has 13 heavy (non-hydrogen) atoms. The van der Waals surface area contributed by atoms with Crippen molar-refractivity contribution in [2.75, 3.05) is 0 Å². The van der Waals surface area contributed by atoms with Gasteiger partial charge in [-0.05, 0) is 26.2 Å². The zero-order valence-corrected chi connectivity index (χ0v) is 10.1. The molecule has 1 N–H and O–H groups in total. The van der Waals surface area contributed by atoms with E-state index in [1.54, 1.807) is 0 Å². The van der Waals surface area contributed by atoms with Gasteiger partial charge >= 0.3 is 0 Å². The van der Waals surface area contributed by atoms with Crippen LogP contribution in [0.25, 0.3) is 0 Å². The van der Waals surface area contributed by atoms with Crippen molar-refractivity contribution in [1.82, 2.24) is 5.32 Å². The van der Waals surface area contributed by atoms with E-state index >= 15 is 0 Å². The lowest BCUT2D eigenvalue weighted by molar-refractivity contribution is 0.126. The van der Waals surface area contributed by atoms with E-state index in [0.717, 1.165) is 6.04 Å². The van der Waals surface area contributed by atoms with Gasteiger partial charge in [0.15, 0.2) is 0 Å². The van der Waals surface area contributed by atoms with Crippen LogP contribution < -0.4 is 5.32 Å². The first-order chi connectivity index (χ1) is 6.22. The Bertz CT molecular complexity index is 114. The molecule has 0 spiro atoms. The molecule has 1 heterocycles. The largest absolute Gasteiger partial charge is 0.309 e. The molecule has 0 saturated carbocycles. The summed E-state index contributed by atoms with van der Waals surface area (Å²) in [4.78, 5) is 0. The summed E-state index contributed by atoms with van der Waals surface area (Å²) in [5.74, 6) is 0. The van der Waals surface area contributed by atoms with E-state index in [9.17, 15) is 0 Å². The molecule has 0 amide bonds. The van der Waals surface area contributed by atoms with Gasteiger partial charge in [-0.25, -0.2) is 0 Å². The first-order valence-electron chi connectivity index (χ1n) is 6.00. The predicted molar refractivity (Wildman–Crippen MR) is 61.1 cm³/mol. The van der Waals surface area contributed by atoms with Gasteiger partial charge in [0.05, 0.1) is 0 Å². The van der Waals surface area contributed by atoms with E-state index in [-0.39, 0.29) is 0 Å². The molecule has 0 radical (unpaired) electrons. The first-order valence-corrected chi connectivity index (χ1v) is 6.00. The van der Waals surface area contributed by atoms with Gasteiger partial charge in [0, 0.05) is 11.6 Å². The van der Waals surface area contributed by atoms with Crippen LogP contribution in [0, 0.1) is 0 Å². The zero-order chi connectivity index (χ0) is 10.3. The molecular weight excluding hydrogens is 158 g/mol. The minimum absolute atomic E-state index is 0.537. The molecule has 1 nitrogen and oxygen atoms in total. The van der Waals surface area contributed by atoms with Crippen LogP contribution in [0.2, 0.25) is 0 Å². The average molecular weight is 185 g/mol. The van der Waals surface area contributed by atoms with Gasteiger partial charge in [0.1, 0.15) is 0 Å². The molecule has 1 heteroatoms. The van der Waals surface area contributed by atoms with Crippen molar-refractivity contribution in [3.63, 3.8) is 0 Å². The minimum atomic E-state index is 0.537. The fraction of sp³-hybridized carbons (Fsp3) is 1.00. The highest BCUT2D eigenvalue weighted by Crippen LogP contribution is 2.32. The molecule has 1 fully saturated rings. The van der Waals surface area contributed by atoms with E-state index in [1.165, 1.54) is 32.1 Å². The Kier molecular flexibility index (Phi) is 6.40. The van der Waals surface area contributed by atoms with E-state index < -0.39 is 0 Å². The number of nitrogens with one attached hydrogen (secondary N) is 1. The van der Waals surface area contributed by atoms with Gasteiger partial charge in [0.2, 0.25) is 0 Å². The second-order valence-electron chi connectivity index (χ2n) is 3.99. The van der Waals surface area contributed by atoms with Crippen LogP contribution in [0.1, 0.15) is 66.7 Å². The van der Waals surface area contributed by atoms with Crippen molar-refractivity contribution in [1.29, 1.82) is 0 Å². The van der Waals surface area contributed by atoms with Crippen molar-refractivity contribution in [3.8, 4) is 0 Å². The Balaban J connectivity index is 0.000000671. The van der Waals surface area contributed by atoms with E-state index in [2.05, 4.69) is 26.1 Å². The van der Waals surface area contributed by atoms with Gasteiger partial charge in [0.25, 0.3) is 0 Å². The van der Waals surface area contributed by atoms with Crippen molar-refractivity contribution in [2.45, 2.75) is 78.3 Å². The van der Waals surface area contributed by atoms with Crippen LogP contribution in [-0.4, -0.2) is 11.6 Å². The maximum absolute atomic E-state index is 3.64. The van der Waals surface area contributed by atoms with Gasteiger partial charge in [-0.15, -0.1) is 0 Å². The SMILES string of the molecule is CC.CCCCC1(CC)CC(C)N1. The summed E-state index contributed by atoms with van der Waals surface area (Å²) < 4.78 is 0. The molecule has 2 unspecified atom stereocenters. The van der Waals surface area contributed by atoms with Gasteiger partial charge in [-0.1, -0.05) is 40.5 Å². The van der Waals surface area contributed by atoms with E-state index in [1.807, 2.05) is 13.8 Å². The summed E-state index contributed by atoms with van der Waals surface area (Å²) in [6.07, 6.45) is 6.79. The summed E-state index contributed by atoms with van der Waals surface area (Å²) in [6, 6.07) is 0.770. The summed E-state index contributed by atoms with van der Waals surface area (Å²) in [5, 5.41) is 3.64. The summed E-state index contributed by atoms with van der Waals surface area (Å²) >= 11 is 0. The highest BCUT2D eigenvalue weighted by atomic mass is 15.1. The number of unbranched alkanes of at least 4 members (excludes halogenated alkanes) is 1. The molecule has 1 aliphatic rings. The second kappa shape index (κ2) is 6.42. The molecule has 0 aromatic carbocycles. The molecule has 0 bridgehead atoms. The number of rotatable bonds is 4. The Labute approximate surface area is 84.3 Å². The van der Waals surface area contributed by atoms with Gasteiger partial charge < -0.3 is 5.32 Å². The Morgan fingerprint density at radius 2 is 1.85 bits per heavy atom. The predicted octanol–water partition coefficient (Wildman–Crippen LogP) is 3.73. The highest BCUT2D eigenvalue weighted by molar-refractivity contribution is 5.00. The van der Waals surface area contributed by atoms with E-state index in [0.29, 0.717) is 5.54 Å². The Hall–Kier alpha value is -0.0400. The number of hydrogen-bond donors (Lipinski definition) is 1. The molecule has 0 aromatic heterocycles. The van der Waals surface area contributed by atoms with Crippen LogP contribution in [0.4, 0.5) is 0 Å². The highest BCUT2D eigenvalue weighted by Gasteiger charge is 2.38. The molecular formula is C12H27N. The Morgan fingerprint density at radius 3 is 2.15 bits per heavy atom. The smallest absolute Gasteiger partial charge is 0.0196 e. The molecule has 2 atom stereocenters. The first kappa shape index (κ1) is 13.0. The molecule has 0 aromatic rings. The monoisotopic (exact) mass is 185 g/mol. The minimum Gasteiger partial charge on any atom is -0.309 e. The summed E-state index contributed by atoms with van der Waals surface area (Å²) in [5.41, 5.74) is 0.537. The third-order valence-electron chi connectivity index (χ3n) is 2.94. The Morgan fingerprint density at radius 1 is 1.31 bits per heavy atom.